The van der Waals surface area contributed by atoms with Crippen LogP contribution in [0.1, 0.15) is 35.7 Å². The first-order chi connectivity index (χ1) is 6.15. The van der Waals surface area contributed by atoms with Crippen LogP contribution in [0.5, 0.6) is 0 Å². The highest BCUT2D eigenvalue weighted by molar-refractivity contribution is 6.04. The van der Waals surface area contributed by atoms with Crippen molar-refractivity contribution in [3.8, 4) is 0 Å². The van der Waals surface area contributed by atoms with Crippen molar-refractivity contribution in [2.45, 2.75) is 19.8 Å². The molecule has 0 saturated carbocycles. The molecule has 0 aliphatic heterocycles. The van der Waals surface area contributed by atoms with Gasteiger partial charge in [-0.3, -0.25) is 4.79 Å². The minimum absolute atomic E-state index is 0.0116. The van der Waals surface area contributed by atoms with Crippen molar-refractivity contribution in [2.75, 3.05) is 0 Å². The summed E-state index contributed by atoms with van der Waals surface area (Å²) in [4.78, 5) is 11.3. The summed E-state index contributed by atoms with van der Waals surface area (Å²) in [5, 5.41) is 0. The van der Waals surface area contributed by atoms with E-state index in [1.54, 1.807) is 0 Å². The highest BCUT2D eigenvalue weighted by Gasteiger charge is 2.03. The largest absolute Gasteiger partial charge is 0.289 e. The maximum atomic E-state index is 11.3. The van der Waals surface area contributed by atoms with Gasteiger partial charge in [-0.05, 0) is 23.6 Å². The fraction of sp³-hybridized carbons (Fsp3) is 0.250. The second-order valence-electron chi connectivity index (χ2n) is 3.35. The zero-order valence-electron chi connectivity index (χ0n) is 8.08. The van der Waals surface area contributed by atoms with E-state index in [1.165, 1.54) is 11.6 Å². The Morgan fingerprint density at radius 3 is 2.69 bits per heavy atom. The molecule has 68 valence electrons. The van der Waals surface area contributed by atoms with Crippen LogP contribution in [0.2, 0.25) is 0 Å². The lowest BCUT2D eigenvalue weighted by atomic mass is 9.99. The van der Waals surface area contributed by atoms with Crippen molar-refractivity contribution in [2.24, 2.45) is 0 Å². The van der Waals surface area contributed by atoms with Crippen LogP contribution < -0.4 is 0 Å². The molecular weight excluding hydrogens is 160 g/mol. The number of allylic oxidation sites excluding steroid dienone is 1. The Bertz CT molecular complexity index is 324. The Morgan fingerprint density at radius 1 is 1.46 bits per heavy atom. The van der Waals surface area contributed by atoms with Gasteiger partial charge < -0.3 is 0 Å². The van der Waals surface area contributed by atoms with Crippen LogP contribution in [0.15, 0.2) is 36.9 Å². The smallest absolute Gasteiger partial charge is 0.185 e. The summed E-state index contributed by atoms with van der Waals surface area (Å²) in [5.74, 6) is 0.445. The quantitative estimate of drug-likeness (QED) is 0.508. The summed E-state index contributed by atoms with van der Waals surface area (Å²) in [6.45, 7) is 7.68. The average molecular weight is 174 g/mol. The first-order valence-electron chi connectivity index (χ1n) is 4.42. The molecule has 0 heterocycles. The van der Waals surface area contributed by atoms with Gasteiger partial charge in [0.2, 0.25) is 0 Å². The van der Waals surface area contributed by atoms with Crippen LogP contribution in [0.4, 0.5) is 0 Å². The molecule has 1 rings (SSSR count). The summed E-state index contributed by atoms with van der Waals surface area (Å²) in [6, 6.07) is 7.68. The number of hydrogen-bond donors (Lipinski definition) is 0. The minimum Gasteiger partial charge on any atom is -0.289 e. The van der Waals surface area contributed by atoms with Crippen LogP contribution in [0, 0.1) is 0 Å². The van der Waals surface area contributed by atoms with Crippen molar-refractivity contribution in [3.63, 3.8) is 0 Å². The molecule has 1 aromatic rings. The summed E-state index contributed by atoms with van der Waals surface area (Å²) in [7, 11) is 0. The number of ketones is 1. The molecule has 0 atom stereocenters. The topological polar surface area (TPSA) is 17.1 Å². The van der Waals surface area contributed by atoms with E-state index in [-0.39, 0.29) is 5.78 Å². The third-order valence-corrected chi connectivity index (χ3v) is 2.02. The molecule has 0 saturated heterocycles. The SMILES string of the molecule is C=CC(=O)c1cccc(C(C)C)c1. The molecule has 0 aromatic heterocycles. The number of carbonyl (C=O) groups excluding carboxylic acids is 1. The maximum Gasteiger partial charge on any atom is 0.185 e. The fourth-order valence-corrected chi connectivity index (χ4v) is 1.17. The summed E-state index contributed by atoms with van der Waals surface area (Å²) >= 11 is 0. The second kappa shape index (κ2) is 4.04. The summed E-state index contributed by atoms with van der Waals surface area (Å²) in [6.07, 6.45) is 1.35. The molecule has 0 unspecified atom stereocenters. The van der Waals surface area contributed by atoms with Gasteiger partial charge in [-0.1, -0.05) is 38.6 Å². The Balaban J connectivity index is 3.05. The van der Waals surface area contributed by atoms with E-state index >= 15 is 0 Å². The molecule has 0 fully saturated rings. The van der Waals surface area contributed by atoms with Crippen molar-refractivity contribution in [3.05, 3.63) is 48.0 Å². The predicted molar refractivity (Wildman–Crippen MR) is 55.1 cm³/mol. The summed E-state index contributed by atoms with van der Waals surface area (Å²) < 4.78 is 0. The Labute approximate surface area is 79.1 Å². The predicted octanol–water partition coefficient (Wildman–Crippen LogP) is 3.18. The van der Waals surface area contributed by atoms with Crippen molar-refractivity contribution in [1.82, 2.24) is 0 Å². The average Bonchev–Trinajstić information content (AvgIpc) is 2.17. The number of rotatable bonds is 3. The van der Waals surface area contributed by atoms with Gasteiger partial charge in [0, 0.05) is 5.56 Å². The zero-order chi connectivity index (χ0) is 9.84. The molecule has 0 aliphatic rings. The Kier molecular flexibility index (Phi) is 3.02. The van der Waals surface area contributed by atoms with Gasteiger partial charge in [0.15, 0.2) is 5.78 Å². The van der Waals surface area contributed by atoms with Crippen molar-refractivity contribution >= 4 is 5.78 Å². The van der Waals surface area contributed by atoms with Crippen LogP contribution in [0.25, 0.3) is 0 Å². The number of carbonyl (C=O) groups is 1. The third kappa shape index (κ3) is 2.28. The monoisotopic (exact) mass is 174 g/mol. The Morgan fingerprint density at radius 2 is 2.15 bits per heavy atom. The molecule has 1 aromatic carbocycles. The second-order valence-corrected chi connectivity index (χ2v) is 3.35. The first kappa shape index (κ1) is 9.72. The van der Waals surface area contributed by atoms with E-state index in [2.05, 4.69) is 20.4 Å². The molecular formula is C12H14O. The first-order valence-corrected chi connectivity index (χ1v) is 4.42. The Hall–Kier alpha value is -1.37. The van der Waals surface area contributed by atoms with Gasteiger partial charge in [0.25, 0.3) is 0 Å². The molecule has 0 N–H and O–H groups in total. The van der Waals surface area contributed by atoms with Gasteiger partial charge in [-0.2, -0.15) is 0 Å². The van der Waals surface area contributed by atoms with Crippen LogP contribution in [-0.4, -0.2) is 5.78 Å². The van der Waals surface area contributed by atoms with Gasteiger partial charge in [-0.15, -0.1) is 0 Å². The van der Waals surface area contributed by atoms with E-state index in [9.17, 15) is 4.79 Å². The van der Waals surface area contributed by atoms with Crippen molar-refractivity contribution in [1.29, 1.82) is 0 Å². The lowest BCUT2D eigenvalue weighted by Gasteiger charge is -2.05. The van der Waals surface area contributed by atoms with Gasteiger partial charge in [-0.25, -0.2) is 0 Å². The van der Waals surface area contributed by atoms with E-state index in [4.69, 9.17) is 0 Å². The maximum absolute atomic E-state index is 11.3. The zero-order valence-corrected chi connectivity index (χ0v) is 8.08. The van der Waals surface area contributed by atoms with E-state index in [0.717, 1.165) is 5.56 Å². The van der Waals surface area contributed by atoms with Gasteiger partial charge in [0.05, 0.1) is 0 Å². The molecule has 0 spiro atoms. The molecule has 1 heteroatoms. The van der Waals surface area contributed by atoms with Gasteiger partial charge >= 0.3 is 0 Å². The van der Waals surface area contributed by atoms with Gasteiger partial charge in [0.1, 0.15) is 0 Å². The molecule has 0 bridgehead atoms. The molecule has 0 amide bonds. The van der Waals surface area contributed by atoms with E-state index < -0.39 is 0 Å². The van der Waals surface area contributed by atoms with Crippen LogP contribution in [-0.2, 0) is 0 Å². The minimum atomic E-state index is -0.0116. The molecule has 13 heavy (non-hydrogen) atoms. The molecule has 1 nitrogen and oxygen atoms in total. The number of benzene rings is 1. The molecule has 0 aliphatic carbocycles. The van der Waals surface area contributed by atoms with E-state index in [0.29, 0.717) is 5.92 Å². The third-order valence-electron chi connectivity index (χ3n) is 2.02. The van der Waals surface area contributed by atoms with Crippen LogP contribution >= 0.6 is 0 Å². The fourth-order valence-electron chi connectivity index (χ4n) is 1.17. The standard InChI is InChI=1S/C12H14O/c1-4-12(13)11-7-5-6-10(8-11)9(2)3/h4-9H,1H2,2-3H3. The summed E-state index contributed by atoms with van der Waals surface area (Å²) in [5.41, 5.74) is 1.91. The molecule has 0 radical (unpaired) electrons. The van der Waals surface area contributed by atoms with Crippen LogP contribution in [0.3, 0.4) is 0 Å². The van der Waals surface area contributed by atoms with Crippen molar-refractivity contribution < 1.29 is 4.79 Å². The number of hydrogen-bond acceptors (Lipinski definition) is 1. The highest BCUT2D eigenvalue weighted by Crippen LogP contribution is 2.15. The highest BCUT2D eigenvalue weighted by atomic mass is 16.1. The lowest BCUT2D eigenvalue weighted by Crippen LogP contribution is -1.96. The van der Waals surface area contributed by atoms with E-state index in [1.807, 2.05) is 24.3 Å². The lowest BCUT2D eigenvalue weighted by molar-refractivity contribution is 0.104. The normalized spacial score (nSPS) is 10.1.